The quantitative estimate of drug-likeness (QED) is 0.279. The predicted octanol–water partition coefficient (Wildman–Crippen LogP) is 6.24. The molecule has 1 aromatic carbocycles. The van der Waals surface area contributed by atoms with Gasteiger partial charge in [0, 0.05) is 28.1 Å². The van der Waals surface area contributed by atoms with Crippen molar-refractivity contribution >= 4 is 33.6 Å². The number of nitrogens with zero attached hydrogens (tertiary/aromatic N) is 2. The number of fused-ring (bicyclic) bond motifs is 3. The van der Waals surface area contributed by atoms with E-state index in [1.165, 1.54) is 59.9 Å². The minimum absolute atomic E-state index is 1.01. The molecule has 0 saturated heterocycles. The highest BCUT2D eigenvalue weighted by molar-refractivity contribution is 7.99. The van der Waals surface area contributed by atoms with E-state index in [4.69, 9.17) is 0 Å². The van der Waals surface area contributed by atoms with Crippen molar-refractivity contribution in [2.45, 2.75) is 50.3 Å². The molecular formula is C20H24N2S. The van der Waals surface area contributed by atoms with Crippen molar-refractivity contribution in [3.63, 3.8) is 0 Å². The number of rotatable bonds is 8. The fourth-order valence-corrected chi connectivity index (χ4v) is 4.03. The molecule has 0 spiro atoms. The summed E-state index contributed by atoms with van der Waals surface area (Å²) < 4.78 is 0. The summed E-state index contributed by atoms with van der Waals surface area (Å²) in [5, 5.41) is 2.42. The maximum atomic E-state index is 4.57. The summed E-state index contributed by atoms with van der Waals surface area (Å²) in [5.41, 5.74) is 2.03. The van der Waals surface area contributed by atoms with Crippen molar-refractivity contribution in [2.75, 3.05) is 5.75 Å². The Morgan fingerprint density at radius 3 is 2.48 bits per heavy atom. The third kappa shape index (κ3) is 4.03. The van der Waals surface area contributed by atoms with Crippen molar-refractivity contribution in [3.8, 4) is 0 Å². The predicted molar refractivity (Wildman–Crippen MR) is 101 cm³/mol. The first kappa shape index (κ1) is 16.3. The average Bonchev–Trinajstić information content (AvgIpc) is 2.61. The van der Waals surface area contributed by atoms with Gasteiger partial charge >= 0.3 is 0 Å². The van der Waals surface area contributed by atoms with E-state index in [2.05, 4.69) is 35.1 Å². The first-order valence-electron chi connectivity index (χ1n) is 8.65. The van der Waals surface area contributed by atoms with Crippen molar-refractivity contribution in [1.82, 2.24) is 9.97 Å². The van der Waals surface area contributed by atoms with Crippen LogP contribution in [0.15, 0.2) is 47.6 Å². The van der Waals surface area contributed by atoms with Gasteiger partial charge in [-0.15, -0.1) is 11.8 Å². The number of thioether (sulfide) groups is 1. The van der Waals surface area contributed by atoms with Crippen molar-refractivity contribution in [2.24, 2.45) is 0 Å². The fourth-order valence-electron chi connectivity index (χ4n) is 2.93. The van der Waals surface area contributed by atoms with Gasteiger partial charge in [-0.2, -0.15) is 0 Å². The molecule has 0 aliphatic rings. The Bertz CT molecular complexity index is 770. The Balaban J connectivity index is 1.72. The van der Waals surface area contributed by atoms with E-state index in [1.54, 1.807) is 0 Å². The van der Waals surface area contributed by atoms with E-state index in [-0.39, 0.29) is 0 Å². The summed E-state index contributed by atoms with van der Waals surface area (Å²) in [7, 11) is 0. The highest BCUT2D eigenvalue weighted by atomic mass is 32.2. The van der Waals surface area contributed by atoms with Crippen LogP contribution in [0.5, 0.6) is 0 Å². The van der Waals surface area contributed by atoms with Gasteiger partial charge in [0.05, 0.1) is 11.0 Å². The lowest BCUT2D eigenvalue weighted by atomic mass is 10.1. The first-order chi connectivity index (χ1) is 11.4. The number of hydrogen-bond donors (Lipinski definition) is 0. The van der Waals surface area contributed by atoms with Gasteiger partial charge in [0.25, 0.3) is 0 Å². The normalized spacial score (nSPS) is 11.3. The highest BCUT2D eigenvalue weighted by Crippen LogP contribution is 2.32. The van der Waals surface area contributed by atoms with Crippen LogP contribution >= 0.6 is 11.8 Å². The molecule has 0 bridgehead atoms. The largest absolute Gasteiger partial charge is 0.254 e. The van der Waals surface area contributed by atoms with Gasteiger partial charge in [0.1, 0.15) is 0 Å². The van der Waals surface area contributed by atoms with Crippen molar-refractivity contribution in [3.05, 3.63) is 42.7 Å². The number of aromatic nitrogens is 2. The van der Waals surface area contributed by atoms with E-state index in [0.29, 0.717) is 0 Å². The van der Waals surface area contributed by atoms with Gasteiger partial charge < -0.3 is 0 Å². The second-order valence-corrected chi connectivity index (χ2v) is 7.10. The molecule has 0 fully saturated rings. The van der Waals surface area contributed by atoms with Crippen LogP contribution < -0.4 is 0 Å². The van der Waals surface area contributed by atoms with Crippen LogP contribution in [0.1, 0.15) is 45.4 Å². The Labute approximate surface area is 142 Å². The monoisotopic (exact) mass is 324 g/mol. The zero-order valence-electron chi connectivity index (χ0n) is 13.8. The summed E-state index contributed by atoms with van der Waals surface area (Å²) in [6.45, 7) is 2.27. The molecule has 0 radical (unpaired) electrons. The van der Waals surface area contributed by atoms with Crippen molar-refractivity contribution < 1.29 is 0 Å². The number of unbranched alkanes of at least 4 members (excludes halogenated alkanes) is 5. The molecule has 0 aliphatic heterocycles. The highest BCUT2D eigenvalue weighted by Gasteiger charge is 2.08. The molecule has 3 rings (SSSR count). The Kier molecular flexibility index (Phi) is 5.87. The minimum Gasteiger partial charge on any atom is -0.254 e. The summed E-state index contributed by atoms with van der Waals surface area (Å²) in [6.07, 6.45) is 11.8. The molecule has 3 aromatic rings. The van der Waals surface area contributed by atoms with Crippen LogP contribution in [0.3, 0.4) is 0 Å². The maximum absolute atomic E-state index is 4.57. The van der Waals surface area contributed by atoms with Gasteiger partial charge in [0.15, 0.2) is 0 Å². The molecule has 0 N–H and O–H groups in total. The summed E-state index contributed by atoms with van der Waals surface area (Å²) in [6, 6.07) is 10.6. The molecule has 2 heterocycles. The van der Waals surface area contributed by atoms with Crippen molar-refractivity contribution in [1.29, 1.82) is 0 Å². The van der Waals surface area contributed by atoms with E-state index < -0.39 is 0 Å². The second-order valence-electron chi connectivity index (χ2n) is 5.97. The van der Waals surface area contributed by atoms with E-state index >= 15 is 0 Å². The minimum atomic E-state index is 1.01. The summed E-state index contributed by atoms with van der Waals surface area (Å²) >= 11 is 1.96. The van der Waals surface area contributed by atoms with Crippen LogP contribution in [0.2, 0.25) is 0 Å². The van der Waals surface area contributed by atoms with E-state index in [0.717, 1.165) is 11.0 Å². The zero-order chi connectivity index (χ0) is 15.9. The number of pyridine rings is 2. The molecule has 0 atom stereocenters. The van der Waals surface area contributed by atoms with Gasteiger partial charge in [-0.1, -0.05) is 51.2 Å². The summed E-state index contributed by atoms with van der Waals surface area (Å²) in [5.74, 6) is 1.18. The van der Waals surface area contributed by atoms with Crippen LogP contribution in [-0.4, -0.2) is 15.7 Å². The Morgan fingerprint density at radius 1 is 0.870 bits per heavy atom. The maximum Gasteiger partial charge on any atom is 0.0975 e. The SMILES string of the molecule is CCCCCCCCSc1cc2cccnc2c2ncccc12. The molecule has 0 amide bonds. The second kappa shape index (κ2) is 8.30. The average molecular weight is 324 g/mol. The molecule has 120 valence electrons. The lowest BCUT2D eigenvalue weighted by molar-refractivity contribution is 0.627. The molecule has 2 aromatic heterocycles. The molecule has 0 aliphatic carbocycles. The van der Waals surface area contributed by atoms with Gasteiger partial charge in [-0.3, -0.25) is 9.97 Å². The standard InChI is InChI=1S/C20H24N2S/c1-2-3-4-5-6-7-14-23-18-15-16-10-8-12-21-19(16)20-17(18)11-9-13-22-20/h8-13,15H,2-7,14H2,1H3. The Morgan fingerprint density at radius 2 is 1.61 bits per heavy atom. The van der Waals surface area contributed by atoms with Gasteiger partial charge in [-0.05, 0) is 30.4 Å². The van der Waals surface area contributed by atoms with Gasteiger partial charge in [-0.25, -0.2) is 0 Å². The molecule has 0 saturated carbocycles. The lowest BCUT2D eigenvalue weighted by Crippen LogP contribution is -1.88. The van der Waals surface area contributed by atoms with Crippen LogP contribution in [-0.2, 0) is 0 Å². The van der Waals surface area contributed by atoms with Crippen LogP contribution in [0, 0.1) is 0 Å². The number of hydrogen-bond acceptors (Lipinski definition) is 3. The molecular weight excluding hydrogens is 300 g/mol. The topological polar surface area (TPSA) is 25.8 Å². The van der Waals surface area contributed by atoms with Crippen LogP contribution in [0.25, 0.3) is 21.8 Å². The molecule has 3 heteroatoms. The lowest BCUT2D eigenvalue weighted by Gasteiger charge is -2.09. The third-order valence-corrected chi connectivity index (χ3v) is 5.32. The zero-order valence-corrected chi connectivity index (χ0v) is 14.6. The summed E-state index contributed by atoms with van der Waals surface area (Å²) in [4.78, 5) is 10.4. The Hall–Kier alpha value is -1.61. The van der Waals surface area contributed by atoms with E-state index in [9.17, 15) is 0 Å². The molecule has 23 heavy (non-hydrogen) atoms. The van der Waals surface area contributed by atoms with E-state index in [1.807, 2.05) is 36.3 Å². The third-order valence-electron chi connectivity index (χ3n) is 4.18. The molecule has 0 unspecified atom stereocenters. The van der Waals surface area contributed by atoms with Gasteiger partial charge in [0.2, 0.25) is 0 Å². The smallest absolute Gasteiger partial charge is 0.0975 e. The number of benzene rings is 1. The first-order valence-corrected chi connectivity index (χ1v) is 9.64. The fraction of sp³-hybridized carbons (Fsp3) is 0.400. The van der Waals surface area contributed by atoms with Crippen LogP contribution in [0.4, 0.5) is 0 Å². The molecule has 2 nitrogen and oxygen atoms in total.